The van der Waals surface area contributed by atoms with Gasteiger partial charge in [0.05, 0.1) is 6.10 Å². The number of azide groups is 1. The Morgan fingerprint density at radius 1 is 1.08 bits per heavy atom. The van der Waals surface area contributed by atoms with E-state index >= 15 is 0 Å². The Kier molecular flexibility index (Phi) is 6.37. The lowest BCUT2D eigenvalue weighted by Crippen LogP contribution is -2.67. The highest BCUT2D eigenvalue weighted by atomic mass is 28.4. The van der Waals surface area contributed by atoms with Crippen LogP contribution in [0.1, 0.15) is 34.1 Å². The number of amides is 1. The first-order valence-electron chi connectivity index (χ1n) is 8.68. The molecular formula is C20H25N3O2Si. The van der Waals surface area contributed by atoms with Crippen LogP contribution in [-0.2, 0) is 9.22 Å². The van der Waals surface area contributed by atoms with Crippen molar-refractivity contribution in [2.45, 2.75) is 45.3 Å². The summed E-state index contributed by atoms with van der Waals surface area (Å²) in [4.78, 5) is 14.4. The maximum Gasteiger partial charge on any atom is 0.261 e. The molecule has 0 N–H and O–H groups in total. The molecule has 0 fully saturated rings. The largest absolute Gasteiger partial charge is 0.404 e. The molecule has 1 atom stereocenters. The topological polar surface area (TPSA) is 75.1 Å². The lowest BCUT2D eigenvalue weighted by molar-refractivity contribution is -0.119. The van der Waals surface area contributed by atoms with Crippen LogP contribution < -0.4 is 10.4 Å². The number of nitrogens with zero attached hydrogens (tertiary/aromatic N) is 3. The van der Waals surface area contributed by atoms with E-state index in [1.165, 1.54) is 0 Å². The molecule has 6 heteroatoms. The number of hydrogen-bond acceptors (Lipinski definition) is 2. The van der Waals surface area contributed by atoms with Crippen LogP contribution in [0.25, 0.3) is 10.4 Å². The molecule has 0 saturated heterocycles. The first-order chi connectivity index (χ1) is 12.3. The third-order valence-corrected chi connectivity index (χ3v) is 9.57. The van der Waals surface area contributed by atoms with E-state index in [9.17, 15) is 4.79 Å². The second kappa shape index (κ2) is 8.32. The van der Waals surface area contributed by atoms with Gasteiger partial charge in [-0.05, 0) is 33.0 Å². The molecule has 5 nitrogen and oxygen atoms in total. The molecule has 2 rings (SSSR count). The average Bonchev–Trinajstić information content (AvgIpc) is 2.60. The zero-order valence-corrected chi connectivity index (χ0v) is 16.7. The SMILES string of the molecule is C[C@@H](CC(=O)N=[N+]=[N-])O[Si](c1ccccc1)(c1ccccc1)C(C)(C)C. The first kappa shape index (κ1) is 19.9. The molecule has 0 bridgehead atoms. The highest BCUT2D eigenvalue weighted by Gasteiger charge is 2.51. The number of rotatable bonds is 6. The maximum absolute atomic E-state index is 11.8. The highest BCUT2D eigenvalue weighted by molar-refractivity contribution is 6.99. The van der Waals surface area contributed by atoms with Crippen LogP contribution in [0.15, 0.2) is 65.8 Å². The van der Waals surface area contributed by atoms with E-state index in [4.69, 9.17) is 9.96 Å². The van der Waals surface area contributed by atoms with E-state index < -0.39 is 14.2 Å². The second-order valence-corrected chi connectivity index (χ2v) is 11.6. The molecule has 0 unspecified atom stereocenters. The summed E-state index contributed by atoms with van der Waals surface area (Å²) >= 11 is 0. The van der Waals surface area contributed by atoms with Crippen molar-refractivity contribution < 1.29 is 9.22 Å². The van der Waals surface area contributed by atoms with Crippen LogP contribution in [0.3, 0.4) is 0 Å². The number of hydrogen-bond donors (Lipinski definition) is 0. The minimum atomic E-state index is -2.69. The Morgan fingerprint density at radius 2 is 1.54 bits per heavy atom. The summed E-state index contributed by atoms with van der Waals surface area (Å²) in [5, 5.41) is 5.33. The Bertz CT molecular complexity index is 742. The van der Waals surface area contributed by atoms with Crippen molar-refractivity contribution in [3.63, 3.8) is 0 Å². The fourth-order valence-corrected chi connectivity index (χ4v) is 8.07. The molecule has 0 aliphatic rings. The lowest BCUT2D eigenvalue weighted by atomic mass is 10.2. The van der Waals surface area contributed by atoms with Gasteiger partial charge in [0, 0.05) is 11.3 Å². The fourth-order valence-electron chi connectivity index (χ4n) is 3.37. The van der Waals surface area contributed by atoms with Gasteiger partial charge in [-0.1, -0.05) is 81.4 Å². The average molecular weight is 368 g/mol. The molecule has 136 valence electrons. The van der Waals surface area contributed by atoms with Crippen LogP contribution in [-0.4, -0.2) is 20.3 Å². The van der Waals surface area contributed by atoms with Gasteiger partial charge in [0.15, 0.2) is 0 Å². The van der Waals surface area contributed by atoms with Crippen molar-refractivity contribution in [1.82, 2.24) is 0 Å². The van der Waals surface area contributed by atoms with E-state index in [1.807, 2.05) is 43.3 Å². The summed E-state index contributed by atoms with van der Waals surface area (Å²) in [6.45, 7) is 8.41. The molecule has 0 heterocycles. The summed E-state index contributed by atoms with van der Waals surface area (Å²) in [5.74, 6) is -0.502. The maximum atomic E-state index is 11.8. The highest BCUT2D eigenvalue weighted by Crippen LogP contribution is 2.37. The fraction of sp³-hybridized carbons (Fsp3) is 0.350. The molecule has 1 amide bonds. The molecule has 0 spiro atoms. The van der Waals surface area contributed by atoms with Gasteiger partial charge in [-0.25, -0.2) is 0 Å². The van der Waals surface area contributed by atoms with Crippen molar-refractivity contribution in [2.75, 3.05) is 0 Å². The summed E-state index contributed by atoms with van der Waals surface area (Å²) in [6, 6.07) is 20.5. The van der Waals surface area contributed by atoms with E-state index in [0.717, 1.165) is 10.4 Å². The summed E-state index contributed by atoms with van der Waals surface area (Å²) in [7, 11) is -2.69. The van der Waals surface area contributed by atoms with Crippen molar-refractivity contribution in [1.29, 1.82) is 0 Å². The molecular weight excluding hydrogens is 342 g/mol. The lowest BCUT2D eigenvalue weighted by Gasteiger charge is -2.44. The van der Waals surface area contributed by atoms with E-state index in [2.05, 4.69) is 55.1 Å². The molecule has 2 aromatic carbocycles. The molecule has 0 aliphatic carbocycles. The second-order valence-electron chi connectivity index (χ2n) is 7.38. The van der Waals surface area contributed by atoms with Crippen LogP contribution in [0.2, 0.25) is 5.04 Å². The minimum Gasteiger partial charge on any atom is -0.404 e. The smallest absolute Gasteiger partial charge is 0.261 e. The monoisotopic (exact) mass is 367 g/mol. The van der Waals surface area contributed by atoms with Crippen LogP contribution in [0, 0.1) is 0 Å². The minimum absolute atomic E-state index is 0.0640. The zero-order chi connectivity index (χ0) is 19.2. The van der Waals surface area contributed by atoms with E-state index in [-0.39, 0.29) is 17.6 Å². The molecule has 2 aromatic rings. The van der Waals surface area contributed by atoms with Gasteiger partial charge >= 0.3 is 0 Å². The van der Waals surface area contributed by atoms with Crippen LogP contribution in [0.4, 0.5) is 0 Å². The van der Waals surface area contributed by atoms with Crippen LogP contribution >= 0.6 is 0 Å². The summed E-state index contributed by atoms with van der Waals surface area (Å²) in [6.07, 6.45) is -0.298. The summed E-state index contributed by atoms with van der Waals surface area (Å²) < 4.78 is 6.73. The number of carbonyl (C=O) groups excluding carboxylic acids is 1. The van der Waals surface area contributed by atoms with Crippen molar-refractivity contribution in [3.8, 4) is 0 Å². The van der Waals surface area contributed by atoms with Gasteiger partial charge in [0.1, 0.15) is 0 Å². The van der Waals surface area contributed by atoms with Crippen LogP contribution in [0.5, 0.6) is 0 Å². The van der Waals surface area contributed by atoms with Crippen molar-refractivity contribution >= 4 is 24.6 Å². The molecule has 0 aromatic heterocycles. The van der Waals surface area contributed by atoms with E-state index in [0.29, 0.717) is 0 Å². The van der Waals surface area contributed by atoms with Crippen molar-refractivity contribution in [3.05, 3.63) is 71.1 Å². The molecule has 0 aliphatic heterocycles. The molecule has 0 saturated carbocycles. The molecule has 26 heavy (non-hydrogen) atoms. The first-order valence-corrected chi connectivity index (χ1v) is 10.6. The van der Waals surface area contributed by atoms with Gasteiger partial charge in [-0.3, -0.25) is 4.79 Å². The number of carbonyl (C=O) groups is 1. The third kappa shape index (κ3) is 4.22. The Morgan fingerprint density at radius 3 is 1.92 bits per heavy atom. The van der Waals surface area contributed by atoms with E-state index in [1.54, 1.807) is 0 Å². The Labute approximate surface area is 155 Å². The van der Waals surface area contributed by atoms with Crippen molar-refractivity contribution in [2.24, 2.45) is 5.11 Å². The predicted molar refractivity (Wildman–Crippen MR) is 107 cm³/mol. The predicted octanol–water partition coefficient (Wildman–Crippen LogP) is 4.18. The van der Waals surface area contributed by atoms with Gasteiger partial charge in [-0.15, -0.1) is 0 Å². The van der Waals surface area contributed by atoms with Gasteiger partial charge in [0.25, 0.3) is 8.32 Å². The Hall–Kier alpha value is -2.40. The van der Waals surface area contributed by atoms with Gasteiger partial charge in [-0.2, -0.15) is 0 Å². The molecule has 0 radical (unpaired) electrons. The normalized spacial score (nSPS) is 12.9. The standard InChI is InChI=1S/C20H25N3O2Si/c1-16(15-19(24)22-23-21)25-26(20(2,3)4,17-11-7-5-8-12-17)18-13-9-6-10-14-18/h5-14,16H,15H2,1-4H3/t16-/m0/s1. The zero-order valence-electron chi connectivity index (χ0n) is 15.7. The van der Waals surface area contributed by atoms with Gasteiger partial charge in [0.2, 0.25) is 5.91 Å². The number of benzene rings is 2. The third-order valence-electron chi connectivity index (χ3n) is 4.41. The Balaban J connectivity index is 2.57. The van der Waals surface area contributed by atoms with Gasteiger partial charge < -0.3 is 4.43 Å². The quantitative estimate of drug-likeness (QED) is 0.332. The summed E-state index contributed by atoms with van der Waals surface area (Å²) in [5.41, 5.74) is 8.47.